The van der Waals surface area contributed by atoms with Crippen molar-refractivity contribution in [2.45, 2.75) is 19.4 Å². The molecule has 1 unspecified atom stereocenters. The van der Waals surface area contributed by atoms with Crippen molar-refractivity contribution in [3.8, 4) is 5.75 Å². The lowest BCUT2D eigenvalue weighted by Crippen LogP contribution is -2.24. The third-order valence-electron chi connectivity index (χ3n) is 2.79. The van der Waals surface area contributed by atoms with E-state index in [2.05, 4.69) is 0 Å². The van der Waals surface area contributed by atoms with Gasteiger partial charge in [-0.3, -0.25) is 9.59 Å². The number of allylic oxidation sites excluding steroid dienone is 1. The summed E-state index contributed by atoms with van der Waals surface area (Å²) in [4.78, 5) is 23.9. The molecule has 1 aliphatic rings. The number of hydrogen-bond donors (Lipinski definition) is 3. The molecule has 0 saturated heterocycles. The largest absolute Gasteiger partial charge is 0.507 e. The number of benzene rings is 1. The van der Waals surface area contributed by atoms with E-state index in [4.69, 9.17) is 0 Å². The van der Waals surface area contributed by atoms with Gasteiger partial charge in [-0.15, -0.1) is 0 Å². The molecular weight excluding hydrogens is 236 g/mol. The van der Waals surface area contributed by atoms with Crippen LogP contribution in [0.4, 0.5) is 0 Å². The molecule has 0 saturated carbocycles. The number of fused-ring (bicyclic) bond motifs is 1. The minimum absolute atomic E-state index is 0.0495. The van der Waals surface area contributed by atoms with Gasteiger partial charge in [-0.25, -0.2) is 0 Å². The maximum absolute atomic E-state index is 12.1. The molecule has 3 N–H and O–H groups in total. The van der Waals surface area contributed by atoms with E-state index in [1.807, 2.05) is 0 Å². The molecule has 1 aromatic carbocycles. The zero-order valence-corrected chi connectivity index (χ0v) is 9.67. The van der Waals surface area contributed by atoms with Crippen molar-refractivity contribution >= 4 is 11.6 Å². The molecule has 0 aromatic heterocycles. The summed E-state index contributed by atoms with van der Waals surface area (Å²) in [6, 6.07) is 4.13. The van der Waals surface area contributed by atoms with E-state index >= 15 is 0 Å². The standard InChI is InChI=1S/C13H12O5/c1-6(14)5-8-11(16)7-3-2-4-9(15)10(7)13(18)12(8)17/h2-4,6,14-15,17H,5H2,1H3. The fourth-order valence-corrected chi connectivity index (χ4v) is 1.98. The first-order chi connectivity index (χ1) is 8.43. The SMILES string of the molecule is CC(O)CC1=C(O)C(=O)c2c(O)cccc2C1=O. The Kier molecular flexibility index (Phi) is 2.92. The van der Waals surface area contributed by atoms with Crippen molar-refractivity contribution < 1.29 is 24.9 Å². The number of phenolic OH excluding ortho intramolecular Hbond substituents is 1. The van der Waals surface area contributed by atoms with Crippen LogP contribution in [-0.4, -0.2) is 33.0 Å². The normalized spacial score (nSPS) is 16.8. The first-order valence-electron chi connectivity index (χ1n) is 5.45. The number of phenols is 1. The summed E-state index contributed by atoms with van der Waals surface area (Å²) < 4.78 is 0. The molecule has 0 amide bonds. The highest BCUT2D eigenvalue weighted by molar-refractivity contribution is 6.26. The van der Waals surface area contributed by atoms with Crippen LogP contribution >= 0.6 is 0 Å². The monoisotopic (exact) mass is 248 g/mol. The summed E-state index contributed by atoms with van der Waals surface area (Å²) in [5.74, 6) is -2.37. The van der Waals surface area contributed by atoms with Gasteiger partial charge in [0.2, 0.25) is 5.78 Å². The molecule has 94 valence electrons. The lowest BCUT2D eigenvalue weighted by Gasteiger charge is -2.19. The second kappa shape index (κ2) is 4.27. The number of rotatable bonds is 2. The maximum Gasteiger partial charge on any atom is 0.232 e. The Morgan fingerprint density at radius 2 is 1.83 bits per heavy atom. The first-order valence-corrected chi connectivity index (χ1v) is 5.45. The van der Waals surface area contributed by atoms with E-state index in [0.29, 0.717) is 0 Å². The highest BCUT2D eigenvalue weighted by Gasteiger charge is 2.34. The number of aromatic hydroxyl groups is 1. The minimum atomic E-state index is -0.849. The molecule has 0 radical (unpaired) electrons. The number of hydrogen-bond acceptors (Lipinski definition) is 5. The highest BCUT2D eigenvalue weighted by Crippen LogP contribution is 2.32. The average Bonchev–Trinajstić information content (AvgIpc) is 2.31. The van der Waals surface area contributed by atoms with Crippen molar-refractivity contribution in [1.29, 1.82) is 0 Å². The number of aliphatic hydroxyl groups is 2. The van der Waals surface area contributed by atoms with Crippen LogP contribution in [0.25, 0.3) is 0 Å². The van der Waals surface area contributed by atoms with Gasteiger partial charge in [0.25, 0.3) is 0 Å². The summed E-state index contributed by atoms with van der Waals surface area (Å²) in [6.45, 7) is 1.45. The number of ketones is 2. The molecule has 0 heterocycles. The summed E-state index contributed by atoms with van der Waals surface area (Å²) in [5.41, 5.74) is -0.254. The predicted molar refractivity (Wildman–Crippen MR) is 62.7 cm³/mol. The van der Waals surface area contributed by atoms with Gasteiger partial charge in [-0.2, -0.15) is 0 Å². The molecule has 0 bridgehead atoms. The Morgan fingerprint density at radius 1 is 1.17 bits per heavy atom. The average molecular weight is 248 g/mol. The van der Waals surface area contributed by atoms with E-state index in [0.717, 1.165) is 0 Å². The van der Waals surface area contributed by atoms with Crippen molar-refractivity contribution in [2.75, 3.05) is 0 Å². The second-order valence-corrected chi connectivity index (χ2v) is 4.24. The summed E-state index contributed by atoms with van der Waals surface area (Å²) in [5, 5.41) is 28.6. The molecule has 0 fully saturated rings. The smallest absolute Gasteiger partial charge is 0.232 e. The zero-order chi connectivity index (χ0) is 13.4. The van der Waals surface area contributed by atoms with E-state index in [9.17, 15) is 24.9 Å². The molecule has 0 spiro atoms. The quantitative estimate of drug-likeness (QED) is 0.734. The number of carbonyl (C=O) groups excluding carboxylic acids is 2. The Hall–Kier alpha value is -2.14. The first kappa shape index (κ1) is 12.3. The fourth-order valence-electron chi connectivity index (χ4n) is 1.98. The molecule has 2 rings (SSSR count). The van der Waals surface area contributed by atoms with Gasteiger partial charge >= 0.3 is 0 Å². The van der Waals surface area contributed by atoms with Crippen LogP contribution in [0.3, 0.4) is 0 Å². The van der Waals surface area contributed by atoms with Gasteiger partial charge in [0.1, 0.15) is 5.75 Å². The van der Waals surface area contributed by atoms with Gasteiger partial charge in [0.15, 0.2) is 11.5 Å². The lowest BCUT2D eigenvalue weighted by atomic mass is 9.85. The van der Waals surface area contributed by atoms with Crippen LogP contribution in [0, 0.1) is 0 Å². The molecule has 1 aromatic rings. The lowest BCUT2D eigenvalue weighted by molar-refractivity contribution is 0.0913. The summed E-state index contributed by atoms with van der Waals surface area (Å²) in [6.07, 6.45) is -0.955. The summed E-state index contributed by atoms with van der Waals surface area (Å²) in [7, 11) is 0. The third kappa shape index (κ3) is 1.78. The molecule has 5 heteroatoms. The predicted octanol–water partition coefficient (Wildman–Crippen LogP) is 1.35. The van der Waals surface area contributed by atoms with Gasteiger partial charge in [-0.1, -0.05) is 12.1 Å². The molecule has 1 aliphatic carbocycles. The van der Waals surface area contributed by atoms with Crippen molar-refractivity contribution in [3.05, 3.63) is 40.7 Å². The summed E-state index contributed by atoms with van der Waals surface area (Å²) >= 11 is 0. The minimum Gasteiger partial charge on any atom is -0.507 e. The maximum atomic E-state index is 12.1. The van der Waals surface area contributed by atoms with Gasteiger partial charge in [0.05, 0.1) is 11.7 Å². The zero-order valence-electron chi connectivity index (χ0n) is 9.67. The topological polar surface area (TPSA) is 94.8 Å². The van der Waals surface area contributed by atoms with E-state index < -0.39 is 23.4 Å². The Balaban J connectivity index is 2.60. The van der Waals surface area contributed by atoms with Crippen LogP contribution in [0.5, 0.6) is 5.75 Å². The fraction of sp³-hybridized carbons (Fsp3) is 0.231. The Labute approximate surface area is 103 Å². The Morgan fingerprint density at radius 3 is 2.44 bits per heavy atom. The van der Waals surface area contributed by atoms with Crippen LogP contribution in [0.15, 0.2) is 29.5 Å². The molecule has 18 heavy (non-hydrogen) atoms. The number of Topliss-reactive ketones (excluding diaryl/α,β-unsaturated/α-hetero) is 2. The molecule has 0 aliphatic heterocycles. The van der Waals surface area contributed by atoms with E-state index in [1.54, 1.807) is 0 Å². The molecule has 1 atom stereocenters. The van der Waals surface area contributed by atoms with Crippen LogP contribution in [0.2, 0.25) is 0 Å². The number of aliphatic hydroxyl groups excluding tert-OH is 2. The van der Waals surface area contributed by atoms with Crippen molar-refractivity contribution in [1.82, 2.24) is 0 Å². The number of carbonyl (C=O) groups is 2. The molecular formula is C13H12O5. The van der Waals surface area contributed by atoms with Gasteiger partial charge in [0, 0.05) is 17.6 Å². The van der Waals surface area contributed by atoms with Crippen LogP contribution in [-0.2, 0) is 0 Å². The van der Waals surface area contributed by atoms with E-state index in [-0.39, 0.29) is 28.9 Å². The van der Waals surface area contributed by atoms with Crippen LogP contribution in [0.1, 0.15) is 34.1 Å². The van der Waals surface area contributed by atoms with Gasteiger partial charge < -0.3 is 15.3 Å². The molecule has 5 nitrogen and oxygen atoms in total. The van der Waals surface area contributed by atoms with Crippen molar-refractivity contribution in [2.24, 2.45) is 0 Å². The Bertz CT molecular complexity index is 569. The van der Waals surface area contributed by atoms with Gasteiger partial charge in [-0.05, 0) is 13.0 Å². The van der Waals surface area contributed by atoms with Crippen molar-refractivity contribution in [3.63, 3.8) is 0 Å². The highest BCUT2D eigenvalue weighted by atomic mass is 16.3. The third-order valence-corrected chi connectivity index (χ3v) is 2.79. The second-order valence-electron chi connectivity index (χ2n) is 4.24. The van der Waals surface area contributed by atoms with E-state index in [1.165, 1.54) is 25.1 Å². The van der Waals surface area contributed by atoms with Crippen LogP contribution < -0.4 is 0 Å².